The summed E-state index contributed by atoms with van der Waals surface area (Å²) in [6.07, 6.45) is 1.82. The van der Waals surface area contributed by atoms with Gasteiger partial charge in [-0.05, 0) is 30.1 Å². The first-order valence-corrected chi connectivity index (χ1v) is 4.34. The molecule has 2 aromatic rings. The van der Waals surface area contributed by atoms with Crippen molar-refractivity contribution < 1.29 is 0 Å². The van der Waals surface area contributed by atoms with Crippen LogP contribution in [0.3, 0.4) is 0 Å². The molecule has 0 atom stereocenters. The Labute approximate surface area is 74.2 Å². The van der Waals surface area contributed by atoms with Crippen LogP contribution in [0.1, 0.15) is 11.1 Å². The van der Waals surface area contributed by atoms with Gasteiger partial charge in [-0.25, -0.2) is 0 Å². The van der Waals surface area contributed by atoms with E-state index in [9.17, 15) is 0 Å². The number of nitrogens with zero attached hydrogens (tertiary/aromatic N) is 2. The molecular formula is C9H6N2S. The molecule has 0 aliphatic carbocycles. The molecule has 1 aromatic heterocycles. The Morgan fingerprint density at radius 2 is 2.33 bits per heavy atom. The van der Waals surface area contributed by atoms with Gasteiger partial charge in [-0.3, -0.25) is 0 Å². The number of hydrogen-bond donors (Lipinski definition) is 0. The van der Waals surface area contributed by atoms with E-state index in [0.29, 0.717) is 0 Å². The summed E-state index contributed by atoms with van der Waals surface area (Å²) in [4.78, 5) is 0. The topological polar surface area (TPSA) is 36.7 Å². The zero-order chi connectivity index (χ0) is 8.55. The standard InChI is InChI=1S/C9H6N2S/c1-6-2-3-7(4-10)9-8(6)5-11-12-9/h2-3,5H,1H3. The number of rotatable bonds is 0. The van der Waals surface area contributed by atoms with Gasteiger partial charge in [-0.2, -0.15) is 9.64 Å². The summed E-state index contributed by atoms with van der Waals surface area (Å²) in [7, 11) is 0. The number of aryl methyl sites for hydroxylation is 1. The zero-order valence-corrected chi connectivity index (χ0v) is 7.35. The van der Waals surface area contributed by atoms with Gasteiger partial charge in [0.15, 0.2) is 0 Å². The number of benzene rings is 1. The molecule has 1 heterocycles. The second kappa shape index (κ2) is 2.58. The first-order valence-electron chi connectivity index (χ1n) is 3.57. The number of hydrogen-bond acceptors (Lipinski definition) is 3. The molecule has 0 radical (unpaired) electrons. The predicted octanol–water partition coefficient (Wildman–Crippen LogP) is 2.48. The van der Waals surface area contributed by atoms with Crippen LogP contribution in [0.5, 0.6) is 0 Å². The second-order valence-electron chi connectivity index (χ2n) is 2.61. The summed E-state index contributed by atoms with van der Waals surface area (Å²) < 4.78 is 5.06. The number of aromatic nitrogens is 1. The Hall–Kier alpha value is -1.40. The highest BCUT2D eigenvalue weighted by molar-refractivity contribution is 7.13. The summed E-state index contributed by atoms with van der Waals surface area (Å²) in [6, 6.07) is 5.95. The molecule has 0 bridgehead atoms. The third-order valence-corrected chi connectivity index (χ3v) is 2.69. The van der Waals surface area contributed by atoms with E-state index in [1.807, 2.05) is 25.3 Å². The van der Waals surface area contributed by atoms with Crippen LogP contribution in [-0.4, -0.2) is 4.37 Å². The van der Waals surface area contributed by atoms with Crippen LogP contribution < -0.4 is 0 Å². The van der Waals surface area contributed by atoms with E-state index >= 15 is 0 Å². The lowest BCUT2D eigenvalue weighted by atomic mass is 10.1. The predicted molar refractivity (Wildman–Crippen MR) is 49.1 cm³/mol. The van der Waals surface area contributed by atoms with Crippen LogP contribution in [0.25, 0.3) is 10.1 Å². The minimum absolute atomic E-state index is 0.720. The van der Waals surface area contributed by atoms with E-state index in [4.69, 9.17) is 5.26 Å². The molecule has 0 aliphatic rings. The van der Waals surface area contributed by atoms with E-state index in [2.05, 4.69) is 10.4 Å². The van der Waals surface area contributed by atoms with E-state index in [0.717, 1.165) is 15.6 Å². The van der Waals surface area contributed by atoms with Gasteiger partial charge in [0.2, 0.25) is 0 Å². The van der Waals surface area contributed by atoms with Gasteiger partial charge in [0.1, 0.15) is 6.07 Å². The zero-order valence-electron chi connectivity index (χ0n) is 6.53. The number of fused-ring (bicyclic) bond motifs is 1. The first kappa shape index (κ1) is 7.26. The van der Waals surface area contributed by atoms with Gasteiger partial charge in [0.25, 0.3) is 0 Å². The molecule has 2 nitrogen and oxygen atoms in total. The Morgan fingerprint density at radius 1 is 1.50 bits per heavy atom. The smallest absolute Gasteiger partial charge is 0.101 e. The SMILES string of the molecule is Cc1ccc(C#N)c2sncc12. The summed E-state index contributed by atoms with van der Waals surface area (Å²) in [5.74, 6) is 0. The third-order valence-electron chi connectivity index (χ3n) is 1.86. The minimum Gasteiger partial charge on any atom is -0.200 e. The van der Waals surface area contributed by atoms with Crippen molar-refractivity contribution in [1.82, 2.24) is 4.37 Å². The maximum absolute atomic E-state index is 8.77. The van der Waals surface area contributed by atoms with E-state index in [1.165, 1.54) is 17.1 Å². The van der Waals surface area contributed by atoms with E-state index < -0.39 is 0 Å². The first-order chi connectivity index (χ1) is 5.83. The van der Waals surface area contributed by atoms with Crippen molar-refractivity contribution in [3.63, 3.8) is 0 Å². The van der Waals surface area contributed by atoms with Crippen molar-refractivity contribution in [2.24, 2.45) is 0 Å². The van der Waals surface area contributed by atoms with Crippen molar-refractivity contribution in [3.05, 3.63) is 29.5 Å². The molecule has 0 saturated heterocycles. The Balaban J connectivity index is 2.94. The van der Waals surface area contributed by atoms with Gasteiger partial charge in [-0.1, -0.05) is 6.07 Å². The molecule has 58 valence electrons. The van der Waals surface area contributed by atoms with Gasteiger partial charge in [-0.15, -0.1) is 0 Å². The molecule has 12 heavy (non-hydrogen) atoms. The molecule has 2 rings (SSSR count). The summed E-state index contributed by atoms with van der Waals surface area (Å²) in [5.41, 5.74) is 1.90. The van der Waals surface area contributed by atoms with Crippen LogP contribution in [0.2, 0.25) is 0 Å². The van der Waals surface area contributed by atoms with Crippen molar-refractivity contribution >= 4 is 21.6 Å². The molecule has 3 heteroatoms. The Bertz CT molecular complexity index is 465. The lowest BCUT2D eigenvalue weighted by Gasteiger charge is -1.94. The summed E-state index contributed by atoms with van der Waals surface area (Å²) >= 11 is 1.38. The average molecular weight is 174 g/mol. The maximum Gasteiger partial charge on any atom is 0.101 e. The quantitative estimate of drug-likeness (QED) is 0.615. The molecule has 0 amide bonds. The maximum atomic E-state index is 8.77. The molecule has 0 spiro atoms. The lowest BCUT2D eigenvalue weighted by molar-refractivity contribution is 1.48. The van der Waals surface area contributed by atoms with Gasteiger partial charge in [0, 0.05) is 11.6 Å². The van der Waals surface area contributed by atoms with Crippen LogP contribution in [-0.2, 0) is 0 Å². The van der Waals surface area contributed by atoms with Crippen LogP contribution >= 0.6 is 11.5 Å². The fourth-order valence-corrected chi connectivity index (χ4v) is 1.96. The van der Waals surface area contributed by atoms with Gasteiger partial charge >= 0.3 is 0 Å². The third kappa shape index (κ3) is 0.892. The van der Waals surface area contributed by atoms with Crippen molar-refractivity contribution in [2.75, 3.05) is 0 Å². The molecule has 0 N–H and O–H groups in total. The summed E-state index contributed by atoms with van der Waals surface area (Å²) in [5, 5.41) is 9.87. The molecule has 0 aliphatic heterocycles. The highest BCUT2D eigenvalue weighted by Gasteiger charge is 2.04. The minimum atomic E-state index is 0.720. The summed E-state index contributed by atoms with van der Waals surface area (Å²) in [6.45, 7) is 2.03. The van der Waals surface area contributed by atoms with Crippen LogP contribution in [0.15, 0.2) is 18.3 Å². The van der Waals surface area contributed by atoms with Crippen LogP contribution in [0.4, 0.5) is 0 Å². The molecule has 0 unspecified atom stereocenters. The number of nitriles is 1. The Kier molecular flexibility index (Phi) is 1.56. The molecule has 0 saturated carbocycles. The molecule has 1 aromatic carbocycles. The molecular weight excluding hydrogens is 168 g/mol. The van der Waals surface area contributed by atoms with Crippen molar-refractivity contribution in [1.29, 1.82) is 5.26 Å². The van der Waals surface area contributed by atoms with E-state index in [-0.39, 0.29) is 0 Å². The highest BCUT2D eigenvalue weighted by atomic mass is 32.1. The van der Waals surface area contributed by atoms with E-state index in [1.54, 1.807) is 0 Å². The lowest BCUT2D eigenvalue weighted by Crippen LogP contribution is -1.77. The highest BCUT2D eigenvalue weighted by Crippen LogP contribution is 2.24. The van der Waals surface area contributed by atoms with Gasteiger partial charge in [0.05, 0.1) is 10.3 Å². The second-order valence-corrected chi connectivity index (χ2v) is 3.41. The van der Waals surface area contributed by atoms with Crippen LogP contribution in [0, 0.1) is 18.3 Å². The Morgan fingerprint density at radius 3 is 3.08 bits per heavy atom. The largest absolute Gasteiger partial charge is 0.200 e. The van der Waals surface area contributed by atoms with Crippen molar-refractivity contribution in [3.8, 4) is 6.07 Å². The molecule has 0 fully saturated rings. The average Bonchev–Trinajstić information content (AvgIpc) is 2.54. The monoisotopic (exact) mass is 174 g/mol. The van der Waals surface area contributed by atoms with Gasteiger partial charge < -0.3 is 0 Å². The van der Waals surface area contributed by atoms with Crippen molar-refractivity contribution in [2.45, 2.75) is 6.92 Å². The fourth-order valence-electron chi connectivity index (χ4n) is 1.18. The fraction of sp³-hybridized carbons (Fsp3) is 0.111. The normalized spacial score (nSPS) is 10.0.